The molecule has 9 heteroatoms. The summed E-state index contributed by atoms with van der Waals surface area (Å²) in [5, 5.41) is 2.56. The van der Waals surface area contributed by atoms with Crippen LogP contribution in [0.25, 0.3) is 6.08 Å². The number of nitrogens with zero attached hydrogens (tertiary/aromatic N) is 1. The van der Waals surface area contributed by atoms with Crippen molar-refractivity contribution < 1.29 is 27.4 Å². The van der Waals surface area contributed by atoms with Gasteiger partial charge in [-0.3, -0.25) is 4.79 Å². The number of nitrogens with one attached hydrogen (secondary N) is 1. The van der Waals surface area contributed by atoms with E-state index < -0.39 is 17.6 Å². The minimum atomic E-state index is -4.54. The van der Waals surface area contributed by atoms with E-state index in [4.69, 9.17) is 9.47 Å². The number of methoxy groups -OCH3 is 2. The van der Waals surface area contributed by atoms with Gasteiger partial charge < -0.3 is 14.8 Å². The van der Waals surface area contributed by atoms with Gasteiger partial charge in [0, 0.05) is 0 Å². The minimum absolute atomic E-state index is 0.0772. The summed E-state index contributed by atoms with van der Waals surface area (Å²) < 4.78 is 49.7. The van der Waals surface area contributed by atoms with E-state index in [-0.39, 0.29) is 10.9 Å². The fourth-order valence-electron chi connectivity index (χ4n) is 2.49. The summed E-state index contributed by atoms with van der Waals surface area (Å²) in [6.45, 7) is 0. The Hall–Kier alpha value is -2.94. The monoisotopic (exact) mass is 408 g/mol. The van der Waals surface area contributed by atoms with Crippen molar-refractivity contribution in [1.82, 2.24) is 5.32 Å². The summed E-state index contributed by atoms with van der Waals surface area (Å²) >= 11 is 0.962. The third-order valence-corrected chi connectivity index (χ3v) is 4.70. The molecule has 1 saturated heterocycles. The maximum absolute atomic E-state index is 13.1. The number of hydrogen-bond donors (Lipinski definition) is 1. The summed E-state index contributed by atoms with van der Waals surface area (Å²) in [5.41, 5.74) is -0.452. The van der Waals surface area contributed by atoms with Gasteiger partial charge in [0.25, 0.3) is 5.91 Å². The van der Waals surface area contributed by atoms with Crippen molar-refractivity contribution in [3.63, 3.8) is 0 Å². The summed E-state index contributed by atoms with van der Waals surface area (Å²) in [6, 6.07) is 10.0. The van der Waals surface area contributed by atoms with Crippen LogP contribution in [-0.2, 0) is 11.0 Å². The van der Waals surface area contributed by atoms with Crippen LogP contribution in [0.3, 0.4) is 0 Å². The largest absolute Gasteiger partial charge is 0.493 e. The molecule has 0 saturated carbocycles. The fourth-order valence-corrected chi connectivity index (χ4v) is 3.33. The van der Waals surface area contributed by atoms with Gasteiger partial charge in [0.2, 0.25) is 0 Å². The van der Waals surface area contributed by atoms with E-state index in [0.717, 1.165) is 17.8 Å². The topological polar surface area (TPSA) is 59.9 Å². The first kappa shape index (κ1) is 19.8. The normalized spacial score (nSPS) is 17.1. The molecule has 0 unspecified atom stereocenters. The van der Waals surface area contributed by atoms with Gasteiger partial charge in [0.05, 0.1) is 30.4 Å². The number of amidine groups is 1. The fraction of sp³-hybridized carbons (Fsp3) is 0.158. The Morgan fingerprint density at radius 2 is 1.79 bits per heavy atom. The first-order valence-corrected chi connectivity index (χ1v) is 8.81. The maximum atomic E-state index is 13.1. The first-order valence-electron chi connectivity index (χ1n) is 7.99. The molecule has 1 aliphatic rings. The number of carbonyl (C=O) groups excluding carboxylic acids is 1. The second-order valence-corrected chi connectivity index (χ2v) is 6.64. The standard InChI is InChI=1S/C19H15F3N2O3S/c1-26-14-8-7-11(9-15(14)27-2)10-16-17(25)24-18(28-16)23-13-6-4-3-5-12(13)19(20,21)22/h3-10H,1-2H3,(H,23,24,25). The van der Waals surface area contributed by atoms with E-state index in [0.29, 0.717) is 22.0 Å². The number of para-hydroxylation sites is 1. The van der Waals surface area contributed by atoms with E-state index in [9.17, 15) is 18.0 Å². The highest BCUT2D eigenvalue weighted by Crippen LogP contribution is 2.37. The number of alkyl halides is 3. The van der Waals surface area contributed by atoms with Crippen molar-refractivity contribution in [2.75, 3.05) is 14.2 Å². The van der Waals surface area contributed by atoms with Gasteiger partial charge in [-0.05, 0) is 47.7 Å². The van der Waals surface area contributed by atoms with E-state index in [2.05, 4.69) is 10.3 Å². The summed E-state index contributed by atoms with van der Waals surface area (Å²) in [7, 11) is 3.01. The van der Waals surface area contributed by atoms with Crippen molar-refractivity contribution in [3.05, 3.63) is 58.5 Å². The number of aliphatic imine (C=N–C) groups is 1. The molecule has 2 aromatic rings. The molecule has 0 radical (unpaired) electrons. The molecule has 28 heavy (non-hydrogen) atoms. The Morgan fingerprint density at radius 1 is 1.07 bits per heavy atom. The highest BCUT2D eigenvalue weighted by Gasteiger charge is 2.34. The number of hydrogen-bond acceptors (Lipinski definition) is 5. The molecule has 0 spiro atoms. The van der Waals surface area contributed by atoms with Gasteiger partial charge in [-0.2, -0.15) is 13.2 Å². The first-order chi connectivity index (χ1) is 13.3. The van der Waals surface area contributed by atoms with Crippen LogP contribution in [0, 0.1) is 0 Å². The molecule has 1 aliphatic heterocycles. The average Bonchev–Trinajstić information content (AvgIpc) is 3.00. The smallest absolute Gasteiger partial charge is 0.418 e. The van der Waals surface area contributed by atoms with Crippen molar-refractivity contribution in [3.8, 4) is 11.5 Å². The predicted octanol–water partition coefficient (Wildman–Crippen LogP) is 4.61. The van der Waals surface area contributed by atoms with Crippen molar-refractivity contribution >= 4 is 34.6 Å². The highest BCUT2D eigenvalue weighted by molar-refractivity contribution is 8.18. The molecule has 1 heterocycles. The number of benzene rings is 2. The van der Waals surface area contributed by atoms with Crippen molar-refractivity contribution in [2.24, 2.45) is 4.99 Å². The zero-order valence-corrected chi connectivity index (χ0v) is 15.6. The lowest BCUT2D eigenvalue weighted by molar-refractivity contribution is -0.137. The zero-order chi connectivity index (χ0) is 20.3. The van der Waals surface area contributed by atoms with Crippen molar-refractivity contribution in [2.45, 2.75) is 6.18 Å². The number of amides is 1. The number of ether oxygens (including phenoxy) is 2. The lowest BCUT2D eigenvalue weighted by Gasteiger charge is -2.09. The van der Waals surface area contributed by atoms with Gasteiger partial charge >= 0.3 is 6.18 Å². The Morgan fingerprint density at radius 3 is 2.46 bits per heavy atom. The maximum Gasteiger partial charge on any atom is 0.418 e. The molecule has 1 amide bonds. The highest BCUT2D eigenvalue weighted by atomic mass is 32.2. The van der Waals surface area contributed by atoms with Crippen LogP contribution in [0.1, 0.15) is 11.1 Å². The van der Waals surface area contributed by atoms with Crippen LogP contribution >= 0.6 is 11.8 Å². The number of thioether (sulfide) groups is 1. The van der Waals surface area contributed by atoms with Gasteiger partial charge in [0.15, 0.2) is 16.7 Å². The Labute approximate surface area is 163 Å². The molecular weight excluding hydrogens is 393 g/mol. The van der Waals surface area contributed by atoms with Crippen molar-refractivity contribution in [1.29, 1.82) is 0 Å². The molecule has 0 bridgehead atoms. The lowest BCUT2D eigenvalue weighted by Crippen LogP contribution is -2.19. The molecule has 0 aliphatic carbocycles. The summed E-state index contributed by atoms with van der Waals surface area (Å²) in [6.07, 6.45) is -2.94. The number of carbonyl (C=O) groups is 1. The average molecular weight is 408 g/mol. The Balaban J connectivity index is 1.89. The second-order valence-electron chi connectivity index (χ2n) is 5.61. The van der Waals surface area contributed by atoms with Crippen LogP contribution in [0.2, 0.25) is 0 Å². The van der Waals surface area contributed by atoms with Gasteiger partial charge in [-0.1, -0.05) is 18.2 Å². The van der Waals surface area contributed by atoms with E-state index in [1.165, 1.54) is 32.4 Å². The van der Waals surface area contributed by atoms with E-state index in [1.807, 2.05) is 0 Å². The predicted molar refractivity (Wildman–Crippen MR) is 102 cm³/mol. The SMILES string of the molecule is COc1ccc(C=C2SC(=Nc3ccccc3C(F)(F)F)NC2=O)cc1OC. The third-order valence-electron chi connectivity index (χ3n) is 3.79. The lowest BCUT2D eigenvalue weighted by atomic mass is 10.2. The summed E-state index contributed by atoms with van der Waals surface area (Å²) in [4.78, 5) is 16.5. The number of rotatable bonds is 4. The Kier molecular flexibility index (Phi) is 5.64. The molecule has 0 aromatic heterocycles. The van der Waals surface area contributed by atoms with Crippen LogP contribution in [0.5, 0.6) is 11.5 Å². The van der Waals surface area contributed by atoms with Gasteiger partial charge in [-0.15, -0.1) is 0 Å². The van der Waals surface area contributed by atoms with Gasteiger partial charge in [0.1, 0.15) is 0 Å². The quantitative estimate of drug-likeness (QED) is 0.751. The second kappa shape index (κ2) is 7.97. The van der Waals surface area contributed by atoms with Crippen LogP contribution < -0.4 is 14.8 Å². The summed E-state index contributed by atoms with van der Waals surface area (Å²) in [5.74, 6) is 0.593. The molecule has 146 valence electrons. The molecule has 1 fully saturated rings. The molecule has 2 aromatic carbocycles. The van der Waals surface area contributed by atoms with Crippen LogP contribution in [0.4, 0.5) is 18.9 Å². The molecule has 0 atom stereocenters. The van der Waals surface area contributed by atoms with E-state index >= 15 is 0 Å². The molecule has 1 N–H and O–H groups in total. The number of halogens is 3. The Bertz CT molecular complexity index is 971. The van der Waals surface area contributed by atoms with Gasteiger partial charge in [-0.25, -0.2) is 4.99 Å². The zero-order valence-electron chi connectivity index (χ0n) is 14.8. The van der Waals surface area contributed by atoms with Crippen LogP contribution in [-0.4, -0.2) is 25.3 Å². The molecular formula is C19H15F3N2O3S. The molecule has 3 rings (SSSR count). The van der Waals surface area contributed by atoms with E-state index in [1.54, 1.807) is 24.3 Å². The third kappa shape index (κ3) is 4.30. The minimum Gasteiger partial charge on any atom is -0.493 e. The van der Waals surface area contributed by atoms with Crippen LogP contribution in [0.15, 0.2) is 52.4 Å². The molecule has 5 nitrogen and oxygen atoms in total.